The van der Waals surface area contributed by atoms with E-state index in [2.05, 4.69) is 15.9 Å². The Morgan fingerprint density at radius 2 is 2.14 bits per heavy atom. The lowest BCUT2D eigenvalue weighted by Crippen LogP contribution is -2.10. The molecule has 0 amide bonds. The van der Waals surface area contributed by atoms with E-state index >= 15 is 0 Å². The van der Waals surface area contributed by atoms with Crippen LogP contribution in [0.1, 0.15) is 19.3 Å². The summed E-state index contributed by atoms with van der Waals surface area (Å²) in [5.74, 6) is 0. The van der Waals surface area contributed by atoms with Crippen LogP contribution < -0.4 is 0 Å². The highest BCUT2D eigenvalue weighted by molar-refractivity contribution is 9.09. The predicted octanol–water partition coefficient (Wildman–Crippen LogP) is 1.29. The first-order valence-electron chi connectivity index (χ1n) is 2.63. The van der Waals surface area contributed by atoms with Crippen LogP contribution in [0.3, 0.4) is 0 Å². The number of aliphatic hydroxyl groups excluding tert-OH is 1. The van der Waals surface area contributed by atoms with Crippen LogP contribution in [0.25, 0.3) is 0 Å². The molecule has 0 aromatic carbocycles. The molecule has 0 unspecified atom stereocenters. The highest BCUT2D eigenvalue weighted by atomic mass is 79.9. The van der Waals surface area contributed by atoms with Gasteiger partial charge in [-0.3, -0.25) is 0 Å². The van der Waals surface area contributed by atoms with Gasteiger partial charge in [0.05, 0.1) is 6.10 Å². The second kappa shape index (κ2) is 2.14. The maximum absolute atomic E-state index is 8.95. The quantitative estimate of drug-likeness (QED) is 0.536. The Balaban J connectivity index is 2.33. The highest BCUT2D eigenvalue weighted by Crippen LogP contribution is 2.24. The van der Waals surface area contributed by atoms with E-state index < -0.39 is 0 Å². The van der Waals surface area contributed by atoms with Gasteiger partial charge in [0.25, 0.3) is 0 Å². The molecule has 0 bridgehead atoms. The molecular weight excluding hydrogens is 156 g/mol. The topological polar surface area (TPSA) is 20.2 Å². The molecule has 1 nitrogen and oxygen atoms in total. The van der Waals surface area contributed by atoms with Crippen molar-refractivity contribution in [2.45, 2.75) is 30.2 Å². The van der Waals surface area contributed by atoms with Crippen LogP contribution in [0.15, 0.2) is 0 Å². The lowest BCUT2D eigenvalue weighted by Gasteiger charge is -2.02. The van der Waals surface area contributed by atoms with Gasteiger partial charge in [-0.05, 0) is 19.3 Å². The zero-order valence-electron chi connectivity index (χ0n) is 4.10. The molecule has 1 N–H and O–H groups in total. The first kappa shape index (κ1) is 5.57. The Kier molecular flexibility index (Phi) is 1.70. The summed E-state index contributed by atoms with van der Waals surface area (Å²) < 4.78 is 0. The van der Waals surface area contributed by atoms with Crippen molar-refractivity contribution < 1.29 is 5.11 Å². The minimum atomic E-state index is -0.0694. The summed E-state index contributed by atoms with van der Waals surface area (Å²) in [5.41, 5.74) is 0. The molecule has 1 aliphatic rings. The Morgan fingerprint density at radius 1 is 1.43 bits per heavy atom. The number of hydrogen-bond acceptors (Lipinski definition) is 1. The largest absolute Gasteiger partial charge is 0.392 e. The van der Waals surface area contributed by atoms with Gasteiger partial charge in [-0.1, -0.05) is 15.9 Å². The van der Waals surface area contributed by atoms with Crippen molar-refractivity contribution in [3.8, 4) is 0 Å². The van der Waals surface area contributed by atoms with Crippen LogP contribution in [0.2, 0.25) is 0 Å². The molecule has 0 aromatic rings. The van der Waals surface area contributed by atoms with E-state index in [-0.39, 0.29) is 6.10 Å². The van der Waals surface area contributed by atoms with E-state index in [1.165, 1.54) is 6.42 Å². The minimum absolute atomic E-state index is 0.0694. The molecule has 0 saturated heterocycles. The van der Waals surface area contributed by atoms with E-state index in [1.54, 1.807) is 0 Å². The van der Waals surface area contributed by atoms with Gasteiger partial charge in [-0.15, -0.1) is 0 Å². The molecule has 0 spiro atoms. The number of aliphatic hydroxyl groups is 1. The highest BCUT2D eigenvalue weighted by Gasteiger charge is 2.21. The van der Waals surface area contributed by atoms with Crippen molar-refractivity contribution in [2.75, 3.05) is 0 Å². The van der Waals surface area contributed by atoms with Crippen molar-refractivity contribution in [1.82, 2.24) is 0 Å². The molecule has 2 atom stereocenters. The molecule has 1 aliphatic carbocycles. The van der Waals surface area contributed by atoms with Crippen molar-refractivity contribution in [1.29, 1.82) is 0 Å². The molecule has 2 heteroatoms. The SMILES string of the molecule is O[C@@H]1CCC[C@H]1Br. The van der Waals surface area contributed by atoms with Crippen LogP contribution in [-0.2, 0) is 0 Å². The molecule has 7 heavy (non-hydrogen) atoms. The fourth-order valence-electron chi connectivity index (χ4n) is 0.895. The number of alkyl halides is 1. The van der Waals surface area contributed by atoms with Crippen LogP contribution in [0.4, 0.5) is 0 Å². The van der Waals surface area contributed by atoms with Gasteiger partial charge in [0, 0.05) is 4.83 Å². The van der Waals surface area contributed by atoms with E-state index in [0.717, 1.165) is 12.8 Å². The average Bonchev–Trinajstić information content (AvgIpc) is 1.91. The van der Waals surface area contributed by atoms with E-state index in [0.29, 0.717) is 4.83 Å². The average molecular weight is 165 g/mol. The monoisotopic (exact) mass is 164 g/mol. The van der Waals surface area contributed by atoms with E-state index in [1.807, 2.05) is 0 Å². The standard InChI is InChI=1S/C5H9BrO/c6-4-2-1-3-5(4)7/h4-5,7H,1-3H2/t4-,5-/m1/s1. The lowest BCUT2D eigenvalue weighted by atomic mass is 10.3. The number of halogens is 1. The summed E-state index contributed by atoms with van der Waals surface area (Å²) >= 11 is 3.35. The van der Waals surface area contributed by atoms with Gasteiger partial charge in [0.1, 0.15) is 0 Å². The fourth-order valence-corrected chi connectivity index (χ4v) is 1.48. The first-order valence-corrected chi connectivity index (χ1v) is 3.54. The van der Waals surface area contributed by atoms with Gasteiger partial charge in [-0.2, -0.15) is 0 Å². The zero-order chi connectivity index (χ0) is 5.28. The third-order valence-electron chi connectivity index (χ3n) is 1.40. The van der Waals surface area contributed by atoms with E-state index in [4.69, 9.17) is 5.11 Å². The number of rotatable bonds is 0. The molecule has 42 valence electrons. The second-order valence-corrected chi connectivity index (χ2v) is 3.19. The molecule has 1 saturated carbocycles. The van der Waals surface area contributed by atoms with Crippen LogP contribution in [-0.4, -0.2) is 16.0 Å². The second-order valence-electron chi connectivity index (χ2n) is 2.01. The summed E-state index contributed by atoms with van der Waals surface area (Å²) in [5, 5.41) is 8.95. The van der Waals surface area contributed by atoms with Crippen LogP contribution in [0, 0.1) is 0 Å². The van der Waals surface area contributed by atoms with Crippen molar-refractivity contribution in [2.24, 2.45) is 0 Å². The Bertz CT molecular complexity index is 57.1. The number of hydrogen-bond donors (Lipinski definition) is 1. The molecular formula is C5H9BrO. The van der Waals surface area contributed by atoms with Gasteiger partial charge in [0.15, 0.2) is 0 Å². The Labute approximate surface area is 51.9 Å². The molecule has 0 aliphatic heterocycles. The van der Waals surface area contributed by atoms with Crippen LogP contribution in [0.5, 0.6) is 0 Å². The normalized spacial score (nSPS) is 42.0. The summed E-state index contributed by atoms with van der Waals surface area (Å²) in [4.78, 5) is 0.382. The predicted molar refractivity (Wildman–Crippen MR) is 32.6 cm³/mol. The van der Waals surface area contributed by atoms with Crippen molar-refractivity contribution in [3.05, 3.63) is 0 Å². The minimum Gasteiger partial charge on any atom is -0.392 e. The summed E-state index contributed by atoms with van der Waals surface area (Å²) in [7, 11) is 0. The molecule has 0 aromatic heterocycles. The maximum Gasteiger partial charge on any atom is 0.0665 e. The summed E-state index contributed by atoms with van der Waals surface area (Å²) in [6, 6.07) is 0. The van der Waals surface area contributed by atoms with Gasteiger partial charge >= 0.3 is 0 Å². The third kappa shape index (κ3) is 1.16. The Morgan fingerprint density at radius 3 is 2.29 bits per heavy atom. The van der Waals surface area contributed by atoms with Gasteiger partial charge < -0.3 is 5.11 Å². The fraction of sp³-hybridized carbons (Fsp3) is 1.00. The maximum atomic E-state index is 8.95. The summed E-state index contributed by atoms with van der Waals surface area (Å²) in [6.45, 7) is 0. The van der Waals surface area contributed by atoms with Crippen molar-refractivity contribution >= 4 is 15.9 Å². The van der Waals surface area contributed by atoms with Gasteiger partial charge in [0.2, 0.25) is 0 Å². The smallest absolute Gasteiger partial charge is 0.0665 e. The van der Waals surface area contributed by atoms with E-state index in [9.17, 15) is 0 Å². The summed E-state index contributed by atoms with van der Waals surface area (Å²) in [6.07, 6.45) is 3.23. The first-order chi connectivity index (χ1) is 3.30. The molecule has 1 rings (SSSR count). The molecule has 1 fully saturated rings. The van der Waals surface area contributed by atoms with Crippen LogP contribution >= 0.6 is 15.9 Å². The zero-order valence-corrected chi connectivity index (χ0v) is 5.69. The lowest BCUT2D eigenvalue weighted by molar-refractivity contribution is 0.189. The molecule has 0 radical (unpaired) electrons. The Hall–Kier alpha value is 0.440. The molecule has 0 heterocycles. The van der Waals surface area contributed by atoms with Crippen molar-refractivity contribution in [3.63, 3.8) is 0 Å². The van der Waals surface area contributed by atoms with Gasteiger partial charge in [-0.25, -0.2) is 0 Å². The third-order valence-corrected chi connectivity index (χ3v) is 2.47.